The summed E-state index contributed by atoms with van der Waals surface area (Å²) in [6.07, 6.45) is 7.46. The first kappa shape index (κ1) is 16.1. The number of carbonyl (C=O) groups excluding carboxylic acids is 2. The number of rotatable bonds is 5. The second kappa shape index (κ2) is 6.51. The van der Waals surface area contributed by atoms with E-state index < -0.39 is 0 Å². The van der Waals surface area contributed by atoms with Crippen molar-refractivity contribution in [3.8, 4) is 0 Å². The normalized spacial score (nSPS) is 24.0. The van der Waals surface area contributed by atoms with Gasteiger partial charge in [0.2, 0.25) is 0 Å². The Balaban J connectivity index is 1.58. The molecule has 0 saturated heterocycles. The minimum atomic E-state index is -0.214. The van der Waals surface area contributed by atoms with Crippen molar-refractivity contribution in [2.24, 2.45) is 5.92 Å². The molecule has 1 saturated carbocycles. The third kappa shape index (κ3) is 3.01. The fourth-order valence-electron chi connectivity index (χ4n) is 4.60. The lowest BCUT2D eigenvalue weighted by Crippen LogP contribution is -2.31. The van der Waals surface area contributed by atoms with Crippen LogP contribution in [0.4, 0.5) is 0 Å². The third-order valence-corrected chi connectivity index (χ3v) is 5.75. The van der Waals surface area contributed by atoms with Crippen LogP contribution in [0.5, 0.6) is 0 Å². The van der Waals surface area contributed by atoms with Crippen molar-refractivity contribution >= 4 is 11.8 Å². The van der Waals surface area contributed by atoms with Crippen molar-refractivity contribution < 1.29 is 18.7 Å². The van der Waals surface area contributed by atoms with Gasteiger partial charge in [0.25, 0.3) is 0 Å². The van der Waals surface area contributed by atoms with Gasteiger partial charge in [0.15, 0.2) is 5.78 Å². The molecular weight excluding hydrogens is 316 g/mol. The van der Waals surface area contributed by atoms with E-state index in [9.17, 15) is 9.59 Å². The summed E-state index contributed by atoms with van der Waals surface area (Å²) in [4.78, 5) is 23.6. The number of esters is 1. The van der Waals surface area contributed by atoms with Crippen molar-refractivity contribution in [1.82, 2.24) is 0 Å². The molecule has 1 heterocycles. The van der Waals surface area contributed by atoms with Gasteiger partial charge in [-0.2, -0.15) is 0 Å². The van der Waals surface area contributed by atoms with Gasteiger partial charge < -0.3 is 9.15 Å². The number of hydrogen-bond acceptors (Lipinski definition) is 4. The van der Waals surface area contributed by atoms with E-state index in [-0.39, 0.29) is 11.8 Å². The van der Waals surface area contributed by atoms with E-state index >= 15 is 0 Å². The van der Waals surface area contributed by atoms with Crippen LogP contribution in [-0.2, 0) is 9.53 Å². The standard InChI is InChI=1S/C21H22O4/c1-13(22)25-9-7-15-10-14-2-4-19(15)20-11-16(3-5-18(14)20)21(23)17-6-8-24-12-17/h3,5-6,8,11-12,14-15,19H,2,4,7,9-10H2,1H3/t14-,15-,19+/m1/s1. The number of benzene rings is 1. The monoisotopic (exact) mass is 338 g/mol. The average Bonchev–Trinajstić information content (AvgIpc) is 3.15. The van der Waals surface area contributed by atoms with Crippen LogP contribution in [-0.4, -0.2) is 18.4 Å². The quantitative estimate of drug-likeness (QED) is 0.597. The predicted octanol–water partition coefficient (Wildman–Crippen LogP) is 4.44. The molecule has 5 rings (SSSR count). The topological polar surface area (TPSA) is 56.5 Å². The molecule has 4 nitrogen and oxygen atoms in total. The van der Waals surface area contributed by atoms with Gasteiger partial charge in [0.1, 0.15) is 6.26 Å². The number of carbonyl (C=O) groups is 2. The van der Waals surface area contributed by atoms with E-state index in [4.69, 9.17) is 9.15 Å². The van der Waals surface area contributed by atoms with E-state index in [1.54, 1.807) is 6.07 Å². The maximum Gasteiger partial charge on any atom is 0.302 e. The first-order valence-corrected chi connectivity index (χ1v) is 8.97. The minimum Gasteiger partial charge on any atom is -0.472 e. The van der Waals surface area contributed by atoms with Crippen LogP contribution in [0.1, 0.15) is 71.5 Å². The maximum absolute atomic E-state index is 12.6. The number of furan rings is 1. The first-order chi connectivity index (χ1) is 12.1. The van der Waals surface area contributed by atoms with Crippen molar-refractivity contribution in [2.45, 2.75) is 44.4 Å². The minimum absolute atomic E-state index is 0.00876. The lowest BCUT2D eigenvalue weighted by Gasteiger charge is -2.44. The van der Waals surface area contributed by atoms with Gasteiger partial charge in [0, 0.05) is 12.5 Å². The molecule has 0 unspecified atom stereocenters. The largest absolute Gasteiger partial charge is 0.472 e. The van der Waals surface area contributed by atoms with Crippen LogP contribution in [0.15, 0.2) is 41.2 Å². The Labute approximate surface area is 147 Å². The van der Waals surface area contributed by atoms with Gasteiger partial charge in [-0.05, 0) is 66.7 Å². The van der Waals surface area contributed by atoms with Crippen LogP contribution in [0, 0.1) is 5.92 Å². The number of hydrogen-bond donors (Lipinski definition) is 0. The van der Waals surface area contributed by atoms with Crippen LogP contribution >= 0.6 is 0 Å². The van der Waals surface area contributed by atoms with Crippen LogP contribution in [0.25, 0.3) is 0 Å². The van der Waals surface area contributed by atoms with Crippen LogP contribution in [0.2, 0.25) is 0 Å². The Kier molecular flexibility index (Phi) is 4.20. The second-order valence-electron chi connectivity index (χ2n) is 7.19. The molecule has 1 aromatic carbocycles. The Hall–Kier alpha value is -2.36. The fraction of sp³-hybridized carbons (Fsp3) is 0.429. The zero-order valence-electron chi connectivity index (χ0n) is 14.4. The highest BCUT2D eigenvalue weighted by molar-refractivity contribution is 6.08. The molecule has 0 N–H and O–H groups in total. The molecule has 0 spiro atoms. The van der Waals surface area contributed by atoms with Gasteiger partial charge in [-0.1, -0.05) is 12.1 Å². The Morgan fingerprint density at radius 1 is 1.16 bits per heavy atom. The molecule has 3 aliphatic carbocycles. The summed E-state index contributed by atoms with van der Waals surface area (Å²) in [6, 6.07) is 7.87. The van der Waals surface area contributed by atoms with E-state index in [1.807, 2.05) is 6.07 Å². The lowest BCUT2D eigenvalue weighted by atomic mass is 9.61. The summed E-state index contributed by atoms with van der Waals surface area (Å²) < 4.78 is 10.2. The van der Waals surface area contributed by atoms with Gasteiger partial charge in [-0.15, -0.1) is 0 Å². The predicted molar refractivity (Wildman–Crippen MR) is 92.7 cm³/mol. The highest BCUT2D eigenvalue weighted by Crippen LogP contribution is 2.53. The second-order valence-corrected chi connectivity index (χ2v) is 7.19. The van der Waals surface area contributed by atoms with Crippen LogP contribution < -0.4 is 0 Å². The first-order valence-electron chi connectivity index (χ1n) is 8.97. The summed E-state index contributed by atoms with van der Waals surface area (Å²) in [5.41, 5.74) is 4.05. The molecule has 4 heteroatoms. The summed E-state index contributed by atoms with van der Waals surface area (Å²) >= 11 is 0. The van der Waals surface area contributed by atoms with Crippen molar-refractivity contribution in [1.29, 1.82) is 0 Å². The number of fused-ring (bicyclic) bond motifs is 2. The Bertz CT molecular complexity index is 790. The molecule has 1 fully saturated rings. The molecule has 2 aromatic rings. The Morgan fingerprint density at radius 2 is 2.04 bits per heavy atom. The fourth-order valence-corrected chi connectivity index (χ4v) is 4.60. The third-order valence-electron chi connectivity index (χ3n) is 5.75. The summed E-state index contributed by atoms with van der Waals surface area (Å²) in [6.45, 7) is 1.95. The van der Waals surface area contributed by atoms with E-state index in [1.165, 1.54) is 37.0 Å². The van der Waals surface area contributed by atoms with Crippen molar-refractivity contribution in [3.05, 3.63) is 59.0 Å². The molecule has 2 bridgehead atoms. The van der Waals surface area contributed by atoms with E-state index in [0.717, 1.165) is 24.8 Å². The van der Waals surface area contributed by atoms with E-state index in [0.29, 0.717) is 29.9 Å². The maximum atomic E-state index is 12.6. The molecule has 3 aliphatic rings. The molecule has 0 amide bonds. The van der Waals surface area contributed by atoms with Gasteiger partial charge in [-0.3, -0.25) is 9.59 Å². The molecular formula is C21H22O4. The molecule has 1 aromatic heterocycles. The zero-order chi connectivity index (χ0) is 17.4. The Morgan fingerprint density at radius 3 is 2.80 bits per heavy atom. The highest BCUT2D eigenvalue weighted by atomic mass is 16.5. The molecule has 25 heavy (non-hydrogen) atoms. The number of ether oxygens (including phenoxy) is 1. The van der Waals surface area contributed by atoms with Crippen LogP contribution in [0.3, 0.4) is 0 Å². The van der Waals surface area contributed by atoms with Gasteiger partial charge in [0.05, 0.1) is 18.4 Å². The molecule has 3 atom stereocenters. The molecule has 0 radical (unpaired) electrons. The smallest absolute Gasteiger partial charge is 0.302 e. The highest BCUT2D eigenvalue weighted by Gasteiger charge is 2.39. The summed E-state index contributed by atoms with van der Waals surface area (Å²) in [7, 11) is 0. The summed E-state index contributed by atoms with van der Waals surface area (Å²) in [5.74, 6) is 1.36. The molecule has 130 valence electrons. The van der Waals surface area contributed by atoms with Gasteiger partial charge >= 0.3 is 5.97 Å². The number of ketones is 1. The lowest BCUT2D eigenvalue weighted by molar-refractivity contribution is -0.141. The van der Waals surface area contributed by atoms with Crippen molar-refractivity contribution in [2.75, 3.05) is 6.61 Å². The average molecular weight is 338 g/mol. The molecule has 0 aliphatic heterocycles. The zero-order valence-corrected chi connectivity index (χ0v) is 14.4. The van der Waals surface area contributed by atoms with Crippen molar-refractivity contribution in [3.63, 3.8) is 0 Å². The van der Waals surface area contributed by atoms with E-state index in [2.05, 4.69) is 12.1 Å². The van der Waals surface area contributed by atoms with Gasteiger partial charge in [-0.25, -0.2) is 0 Å². The summed E-state index contributed by atoms with van der Waals surface area (Å²) in [5, 5.41) is 0. The SMILES string of the molecule is CC(=O)OCC[C@@H]1C[C@H]2CC[C@@H]1c1cc(C(=O)c3ccoc3)ccc12.